The molecule has 0 spiro atoms. The van der Waals surface area contributed by atoms with Gasteiger partial charge in [0.15, 0.2) is 5.96 Å². The third-order valence-electron chi connectivity index (χ3n) is 4.69. The van der Waals surface area contributed by atoms with E-state index in [9.17, 15) is 0 Å². The van der Waals surface area contributed by atoms with Crippen LogP contribution in [0.2, 0.25) is 5.02 Å². The highest BCUT2D eigenvalue weighted by atomic mass is 35.5. The summed E-state index contributed by atoms with van der Waals surface area (Å²) in [7, 11) is 7.77. The summed E-state index contributed by atoms with van der Waals surface area (Å²) in [6.07, 6.45) is 4.67. The van der Waals surface area contributed by atoms with Crippen LogP contribution >= 0.6 is 11.6 Å². The number of hydrogen-bond acceptors (Lipinski definition) is 5. The molecule has 0 radical (unpaired) electrons. The summed E-state index contributed by atoms with van der Waals surface area (Å²) < 4.78 is 2.07. The van der Waals surface area contributed by atoms with Crippen molar-refractivity contribution >= 4 is 29.3 Å². The Bertz CT molecular complexity index is 800. The number of pyridine rings is 1. The lowest BCUT2D eigenvalue weighted by Gasteiger charge is -2.20. The second-order valence-corrected chi connectivity index (χ2v) is 7.22. The molecule has 9 heteroatoms. The molecule has 2 N–H and O–H groups in total. The second-order valence-electron chi connectivity index (χ2n) is 6.81. The lowest BCUT2D eigenvalue weighted by atomic mass is 10.3. The summed E-state index contributed by atoms with van der Waals surface area (Å²) in [6.45, 7) is 2.41. The molecule has 3 rings (SSSR count). The molecule has 1 saturated heterocycles. The molecule has 0 aromatic carbocycles. The first-order chi connectivity index (χ1) is 13.0. The van der Waals surface area contributed by atoms with E-state index in [4.69, 9.17) is 11.6 Å². The summed E-state index contributed by atoms with van der Waals surface area (Å²) in [5.41, 5.74) is 1.09. The molecule has 0 bridgehead atoms. The van der Waals surface area contributed by atoms with Crippen molar-refractivity contribution in [2.75, 3.05) is 44.0 Å². The largest absolute Gasteiger partial charge is 0.353 e. The quantitative estimate of drug-likeness (QED) is 0.595. The zero-order valence-electron chi connectivity index (χ0n) is 16.3. The maximum atomic E-state index is 6.27. The molecule has 1 fully saturated rings. The maximum Gasteiger partial charge on any atom is 0.204 e. The van der Waals surface area contributed by atoms with E-state index in [1.807, 2.05) is 44.4 Å². The molecule has 1 aliphatic rings. The second kappa shape index (κ2) is 8.47. The van der Waals surface area contributed by atoms with Gasteiger partial charge in [0.05, 0.1) is 23.5 Å². The van der Waals surface area contributed by atoms with E-state index in [2.05, 4.69) is 35.1 Å². The van der Waals surface area contributed by atoms with Gasteiger partial charge in [-0.2, -0.15) is 0 Å². The molecule has 1 aliphatic heterocycles. The third-order valence-corrected chi connectivity index (χ3v) is 4.98. The van der Waals surface area contributed by atoms with Crippen molar-refractivity contribution in [3.63, 3.8) is 0 Å². The minimum Gasteiger partial charge on any atom is -0.353 e. The summed E-state index contributed by atoms with van der Waals surface area (Å²) in [4.78, 5) is 17.4. The maximum absolute atomic E-state index is 6.27. The van der Waals surface area contributed by atoms with Gasteiger partial charge in [0.2, 0.25) is 5.95 Å². The molecule has 1 atom stereocenters. The number of rotatable bonds is 5. The van der Waals surface area contributed by atoms with E-state index >= 15 is 0 Å². The van der Waals surface area contributed by atoms with Gasteiger partial charge in [0.25, 0.3) is 0 Å². The molecular formula is C18H27ClN8. The monoisotopic (exact) mass is 390 g/mol. The Kier molecular flexibility index (Phi) is 6.05. The summed E-state index contributed by atoms with van der Waals surface area (Å²) in [5, 5.41) is 7.55. The van der Waals surface area contributed by atoms with Gasteiger partial charge in [-0.1, -0.05) is 11.6 Å². The number of aromatic nitrogens is 3. The highest BCUT2D eigenvalue weighted by molar-refractivity contribution is 6.32. The van der Waals surface area contributed by atoms with Crippen molar-refractivity contribution in [1.82, 2.24) is 25.2 Å². The van der Waals surface area contributed by atoms with Crippen LogP contribution in [0.4, 0.5) is 11.8 Å². The van der Waals surface area contributed by atoms with Gasteiger partial charge >= 0.3 is 0 Å². The van der Waals surface area contributed by atoms with E-state index in [0.29, 0.717) is 11.6 Å². The molecule has 8 nitrogen and oxygen atoms in total. The lowest BCUT2D eigenvalue weighted by Crippen LogP contribution is -2.44. The standard InChI is InChI=1S/C18H27ClN8/c1-20-17(22-10-14-11-23-18(25(2)3)26(14)4)24-13-7-9-27(12-13)16-15(19)6-5-8-21-16/h5-6,8,11,13H,7,9-10,12H2,1-4H3,(H2,20,22,24). The molecule has 146 valence electrons. The highest BCUT2D eigenvalue weighted by Gasteiger charge is 2.25. The van der Waals surface area contributed by atoms with Crippen molar-refractivity contribution < 1.29 is 0 Å². The molecule has 0 aliphatic carbocycles. The van der Waals surface area contributed by atoms with E-state index in [1.165, 1.54) is 0 Å². The number of halogens is 1. The summed E-state index contributed by atoms with van der Waals surface area (Å²) in [5.74, 6) is 2.55. The predicted molar refractivity (Wildman–Crippen MR) is 111 cm³/mol. The number of hydrogen-bond donors (Lipinski definition) is 2. The molecule has 27 heavy (non-hydrogen) atoms. The average molecular weight is 391 g/mol. The fourth-order valence-corrected chi connectivity index (χ4v) is 3.50. The van der Waals surface area contributed by atoms with Crippen molar-refractivity contribution in [3.05, 3.63) is 35.2 Å². The Balaban J connectivity index is 1.55. The average Bonchev–Trinajstić information content (AvgIpc) is 3.25. The first-order valence-electron chi connectivity index (χ1n) is 9.00. The molecule has 0 saturated carbocycles. The van der Waals surface area contributed by atoms with Crippen LogP contribution < -0.4 is 20.4 Å². The Morgan fingerprint density at radius 1 is 1.41 bits per heavy atom. The SMILES string of the molecule is CN=C(NCc1cnc(N(C)C)n1C)NC1CCN(c2ncccc2Cl)C1. The molecule has 2 aromatic rings. The zero-order valence-corrected chi connectivity index (χ0v) is 17.0. The predicted octanol–water partition coefficient (Wildman–Crippen LogP) is 1.48. The van der Waals surface area contributed by atoms with Crippen molar-refractivity contribution in [2.24, 2.45) is 12.0 Å². The Morgan fingerprint density at radius 2 is 2.22 bits per heavy atom. The molecule has 2 aromatic heterocycles. The first kappa shape index (κ1) is 19.3. The van der Waals surface area contributed by atoms with Gasteiger partial charge in [-0.25, -0.2) is 9.97 Å². The van der Waals surface area contributed by atoms with Crippen LogP contribution in [0.25, 0.3) is 0 Å². The molecular weight excluding hydrogens is 364 g/mol. The van der Waals surface area contributed by atoms with Crippen molar-refractivity contribution in [3.8, 4) is 0 Å². The van der Waals surface area contributed by atoms with Gasteiger partial charge in [-0.05, 0) is 18.6 Å². The number of nitrogens with zero attached hydrogens (tertiary/aromatic N) is 6. The van der Waals surface area contributed by atoms with Crippen LogP contribution in [0.3, 0.4) is 0 Å². The number of nitrogens with one attached hydrogen (secondary N) is 2. The minimum atomic E-state index is 0.290. The first-order valence-corrected chi connectivity index (χ1v) is 9.38. The van der Waals surface area contributed by atoms with Crippen molar-refractivity contribution in [1.29, 1.82) is 0 Å². The lowest BCUT2D eigenvalue weighted by molar-refractivity contribution is 0.643. The number of guanidine groups is 1. The number of aliphatic imine (C=N–C) groups is 1. The van der Waals surface area contributed by atoms with Crippen molar-refractivity contribution in [2.45, 2.75) is 19.0 Å². The molecule has 3 heterocycles. The van der Waals surface area contributed by atoms with Crippen LogP contribution in [0.15, 0.2) is 29.5 Å². The van der Waals surface area contributed by atoms with Crippen LogP contribution in [0, 0.1) is 0 Å². The zero-order chi connectivity index (χ0) is 19.4. The topological polar surface area (TPSA) is 73.6 Å². The fourth-order valence-electron chi connectivity index (χ4n) is 3.26. The van der Waals surface area contributed by atoms with Gasteiger partial charge in [-0.3, -0.25) is 4.99 Å². The van der Waals surface area contributed by atoms with Gasteiger partial charge in [-0.15, -0.1) is 0 Å². The van der Waals surface area contributed by atoms with E-state index in [-0.39, 0.29) is 6.04 Å². The van der Waals surface area contributed by atoms with Crippen LogP contribution in [0.1, 0.15) is 12.1 Å². The number of imidazole rings is 1. The summed E-state index contributed by atoms with van der Waals surface area (Å²) in [6, 6.07) is 4.02. The highest BCUT2D eigenvalue weighted by Crippen LogP contribution is 2.25. The van der Waals surface area contributed by atoms with E-state index in [0.717, 1.165) is 42.9 Å². The number of anilines is 2. The third kappa shape index (κ3) is 4.44. The Morgan fingerprint density at radius 3 is 2.89 bits per heavy atom. The van der Waals surface area contributed by atoms with Gasteiger partial charge in [0.1, 0.15) is 5.82 Å². The smallest absolute Gasteiger partial charge is 0.204 e. The molecule has 1 unspecified atom stereocenters. The van der Waals surface area contributed by atoms with Gasteiger partial charge in [0, 0.05) is 53.5 Å². The molecule has 0 amide bonds. The van der Waals surface area contributed by atoms with Gasteiger partial charge < -0.3 is 25.0 Å². The van der Waals surface area contributed by atoms with Crippen LogP contribution in [0.5, 0.6) is 0 Å². The van der Waals surface area contributed by atoms with Crippen LogP contribution in [-0.4, -0.2) is 60.8 Å². The minimum absolute atomic E-state index is 0.290. The van der Waals surface area contributed by atoms with Crippen LogP contribution in [-0.2, 0) is 13.6 Å². The fraction of sp³-hybridized carbons (Fsp3) is 0.500. The van der Waals surface area contributed by atoms with E-state index < -0.39 is 0 Å². The van der Waals surface area contributed by atoms with E-state index in [1.54, 1.807) is 13.2 Å². The Labute approximate surface area is 165 Å². The normalized spacial score (nSPS) is 17.3. The summed E-state index contributed by atoms with van der Waals surface area (Å²) >= 11 is 6.27. The Hall–Kier alpha value is -2.48.